The fourth-order valence-corrected chi connectivity index (χ4v) is 1.33. The van der Waals surface area contributed by atoms with Gasteiger partial charge in [0.2, 0.25) is 5.91 Å². The molecule has 1 N–H and O–H groups in total. The summed E-state index contributed by atoms with van der Waals surface area (Å²) in [6, 6.07) is 2.09. The van der Waals surface area contributed by atoms with E-state index in [1.54, 1.807) is 6.92 Å². The summed E-state index contributed by atoms with van der Waals surface area (Å²) in [5.41, 5.74) is -0.761. The Bertz CT molecular complexity index is 253. The van der Waals surface area contributed by atoms with Gasteiger partial charge in [0.25, 0.3) is 0 Å². The maximum atomic E-state index is 11.6. The molecule has 0 radical (unpaired) electrons. The number of hydrogen-bond donors (Lipinski definition) is 1. The van der Waals surface area contributed by atoms with Gasteiger partial charge in [0, 0.05) is 6.61 Å². The van der Waals surface area contributed by atoms with E-state index in [4.69, 9.17) is 10.00 Å². The highest BCUT2D eigenvalue weighted by Gasteiger charge is 2.30. The van der Waals surface area contributed by atoms with Gasteiger partial charge in [-0.3, -0.25) is 4.79 Å². The third kappa shape index (κ3) is 2.46. The summed E-state index contributed by atoms with van der Waals surface area (Å²) in [5.74, 6) is -0.159. The summed E-state index contributed by atoms with van der Waals surface area (Å²) >= 11 is 0. The van der Waals surface area contributed by atoms with Crippen molar-refractivity contribution in [2.45, 2.75) is 44.8 Å². The van der Waals surface area contributed by atoms with Crippen molar-refractivity contribution in [1.82, 2.24) is 5.32 Å². The second kappa shape index (κ2) is 4.43. The van der Waals surface area contributed by atoms with Gasteiger partial charge >= 0.3 is 0 Å². The molecule has 78 valence electrons. The standard InChI is InChI=1S/C10H16N2O2/c1-3-10(2,7-11)12-9(13)8-5-4-6-14-8/h8H,3-6H2,1-2H3,(H,12,13). The lowest BCUT2D eigenvalue weighted by atomic mass is 10.0. The predicted molar refractivity (Wildman–Crippen MR) is 51.4 cm³/mol. The highest BCUT2D eigenvalue weighted by atomic mass is 16.5. The van der Waals surface area contributed by atoms with Gasteiger partial charge in [0.15, 0.2) is 0 Å². The van der Waals surface area contributed by atoms with E-state index >= 15 is 0 Å². The number of rotatable bonds is 3. The normalized spacial score (nSPS) is 25.1. The van der Waals surface area contributed by atoms with Crippen LogP contribution in [0.3, 0.4) is 0 Å². The second-order valence-electron chi connectivity index (χ2n) is 3.79. The quantitative estimate of drug-likeness (QED) is 0.731. The Morgan fingerprint density at radius 2 is 2.50 bits per heavy atom. The van der Waals surface area contributed by atoms with Crippen molar-refractivity contribution >= 4 is 5.91 Å². The van der Waals surface area contributed by atoms with Crippen LogP contribution in [0.4, 0.5) is 0 Å². The maximum absolute atomic E-state index is 11.6. The molecule has 0 aromatic carbocycles. The second-order valence-corrected chi connectivity index (χ2v) is 3.79. The minimum Gasteiger partial charge on any atom is -0.368 e. The van der Waals surface area contributed by atoms with Crippen molar-refractivity contribution in [3.05, 3.63) is 0 Å². The average molecular weight is 196 g/mol. The first-order valence-electron chi connectivity index (χ1n) is 4.96. The molecule has 4 nitrogen and oxygen atoms in total. The third-order valence-electron chi connectivity index (χ3n) is 2.58. The number of hydrogen-bond acceptors (Lipinski definition) is 3. The van der Waals surface area contributed by atoms with Gasteiger partial charge in [-0.15, -0.1) is 0 Å². The van der Waals surface area contributed by atoms with Gasteiger partial charge in [0.05, 0.1) is 6.07 Å². The number of ether oxygens (including phenoxy) is 1. The van der Waals surface area contributed by atoms with Crippen LogP contribution in [0.1, 0.15) is 33.1 Å². The molecule has 0 aliphatic carbocycles. The molecule has 4 heteroatoms. The van der Waals surface area contributed by atoms with Crippen molar-refractivity contribution in [2.24, 2.45) is 0 Å². The summed E-state index contributed by atoms with van der Waals surface area (Å²) in [4.78, 5) is 11.6. The molecule has 1 aliphatic rings. The predicted octanol–water partition coefficient (Wildman–Crippen LogP) is 0.974. The number of carbonyl (C=O) groups is 1. The molecule has 1 aliphatic heterocycles. The van der Waals surface area contributed by atoms with Gasteiger partial charge in [0.1, 0.15) is 11.6 Å². The Hall–Kier alpha value is -1.08. The van der Waals surface area contributed by atoms with Crippen LogP contribution in [0.5, 0.6) is 0 Å². The molecule has 0 bridgehead atoms. The van der Waals surface area contributed by atoms with Crippen LogP contribution in [-0.2, 0) is 9.53 Å². The van der Waals surface area contributed by atoms with Gasteiger partial charge in [-0.05, 0) is 26.2 Å². The van der Waals surface area contributed by atoms with Crippen molar-refractivity contribution < 1.29 is 9.53 Å². The highest BCUT2D eigenvalue weighted by molar-refractivity contribution is 5.82. The fraction of sp³-hybridized carbons (Fsp3) is 0.800. The summed E-state index contributed by atoms with van der Waals surface area (Å²) in [6.07, 6.45) is 1.93. The van der Waals surface area contributed by atoms with E-state index in [0.717, 1.165) is 12.8 Å². The van der Waals surface area contributed by atoms with E-state index in [1.165, 1.54) is 0 Å². The topological polar surface area (TPSA) is 62.1 Å². The highest BCUT2D eigenvalue weighted by Crippen LogP contribution is 2.14. The first kappa shape index (κ1) is 11.0. The van der Waals surface area contributed by atoms with Crippen molar-refractivity contribution in [2.75, 3.05) is 6.61 Å². The van der Waals surface area contributed by atoms with Crippen LogP contribution < -0.4 is 5.32 Å². The molecule has 0 saturated carbocycles. The molecule has 1 amide bonds. The Kier molecular flexibility index (Phi) is 3.48. The smallest absolute Gasteiger partial charge is 0.250 e. The maximum Gasteiger partial charge on any atom is 0.250 e. The molecule has 2 unspecified atom stereocenters. The fourth-order valence-electron chi connectivity index (χ4n) is 1.33. The van der Waals surface area contributed by atoms with Crippen molar-refractivity contribution in [3.63, 3.8) is 0 Å². The third-order valence-corrected chi connectivity index (χ3v) is 2.58. The zero-order chi connectivity index (χ0) is 10.6. The van der Waals surface area contributed by atoms with Gasteiger partial charge in [-0.1, -0.05) is 6.92 Å². The molecule has 14 heavy (non-hydrogen) atoms. The van der Waals surface area contributed by atoms with Crippen LogP contribution in [0.15, 0.2) is 0 Å². The van der Waals surface area contributed by atoms with Gasteiger partial charge < -0.3 is 10.1 Å². The molecule has 2 atom stereocenters. The van der Waals surface area contributed by atoms with Crippen molar-refractivity contribution in [1.29, 1.82) is 5.26 Å². The molecule has 1 heterocycles. The zero-order valence-electron chi connectivity index (χ0n) is 8.67. The Morgan fingerprint density at radius 3 is 2.93 bits per heavy atom. The van der Waals surface area contributed by atoms with Gasteiger partial charge in [-0.25, -0.2) is 0 Å². The van der Waals surface area contributed by atoms with Crippen LogP contribution in [0.25, 0.3) is 0 Å². The van der Waals surface area contributed by atoms with E-state index in [1.807, 2.05) is 6.92 Å². The molecular formula is C10H16N2O2. The lowest BCUT2D eigenvalue weighted by Crippen LogP contribution is -2.48. The first-order chi connectivity index (χ1) is 6.61. The Balaban J connectivity index is 2.51. The number of amides is 1. The zero-order valence-corrected chi connectivity index (χ0v) is 8.67. The van der Waals surface area contributed by atoms with Crippen LogP contribution in [0, 0.1) is 11.3 Å². The molecule has 0 aromatic heterocycles. The monoisotopic (exact) mass is 196 g/mol. The number of nitrogens with one attached hydrogen (secondary N) is 1. The summed E-state index contributed by atoms with van der Waals surface area (Å²) in [6.45, 7) is 4.24. The molecular weight excluding hydrogens is 180 g/mol. The van der Waals surface area contributed by atoms with E-state index in [0.29, 0.717) is 13.0 Å². The van der Waals surface area contributed by atoms with Crippen LogP contribution in [0.2, 0.25) is 0 Å². The van der Waals surface area contributed by atoms with Gasteiger partial charge in [-0.2, -0.15) is 5.26 Å². The molecule has 1 saturated heterocycles. The van der Waals surface area contributed by atoms with Crippen LogP contribution in [-0.4, -0.2) is 24.2 Å². The number of nitrogens with zero attached hydrogens (tertiary/aromatic N) is 1. The lowest BCUT2D eigenvalue weighted by molar-refractivity contribution is -0.131. The Morgan fingerprint density at radius 1 is 1.79 bits per heavy atom. The van der Waals surface area contributed by atoms with E-state index in [9.17, 15) is 4.79 Å². The minimum atomic E-state index is -0.761. The first-order valence-corrected chi connectivity index (χ1v) is 4.96. The molecule has 1 fully saturated rings. The average Bonchev–Trinajstić information content (AvgIpc) is 2.70. The van der Waals surface area contributed by atoms with Crippen LogP contribution >= 0.6 is 0 Å². The minimum absolute atomic E-state index is 0.159. The Labute approximate surface area is 84.2 Å². The SMILES string of the molecule is CCC(C)(C#N)NC(=O)C1CCCO1. The largest absolute Gasteiger partial charge is 0.368 e. The van der Waals surface area contributed by atoms with E-state index in [2.05, 4.69) is 11.4 Å². The number of carbonyl (C=O) groups excluding carboxylic acids is 1. The van der Waals surface area contributed by atoms with E-state index < -0.39 is 5.54 Å². The molecule has 0 aromatic rings. The summed E-state index contributed by atoms with van der Waals surface area (Å²) < 4.78 is 5.23. The lowest BCUT2D eigenvalue weighted by Gasteiger charge is -2.23. The summed E-state index contributed by atoms with van der Waals surface area (Å²) in [5, 5.41) is 11.6. The number of nitriles is 1. The summed E-state index contributed by atoms with van der Waals surface area (Å²) in [7, 11) is 0. The van der Waals surface area contributed by atoms with E-state index in [-0.39, 0.29) is 12.0 Å². The van der Waals surface area contributed by atoms with Crippen molar-refractivity contribution in [3.8, 4) is 6.07 Å². The molecule has 1 rings (SSSR count). The molecule has 0 spiro atoms.